The smallest absolute Gasteiger partial charge is 0.175 e. The average molecular weight is 275 g/mol. The lowest BCUT2D eigenvalue weighted by molar-refractivity contribution is 0.0648. The van der Waals surface area contributed by atoms with Crippen molar-refractivity contribution < 1.29 is 17.9 Å². The molecule has 0 amide bonds. The molecule has 18 heavy (non-hydrogen) atoms. The summed E-state index contributed by atoms with van der Waals surface area (Å²) >= 11 is 0. The Morgan fingerprint density at radius 2 is 1.94 bits per heavy atom. The number of rotatable bonds is 4. The Kier molecular flexibility index (Phi) is 4.02. The lowest BCUT2D eigenvalue weighted by Gasteiger charge is -2.27. The third-order valence-electron chi connectivity index (χ3n) is 2.80. The zero-order valence-electron chi connectivity index (χ0n) is 10.9. The first-order valence-corrected chi connectivity index (χ1v) is 7.39. The Morgan fingerprint density at radius 3 is 2.39 bits per heavy atom. The first-order valence-electron chi connectivity index (χ1n) is 5.50. The Labute approximate surface area is 107 Å². The molecule has 2 N–H and O–H groups in total. The quantitative estimate of drug-likeness (QED) is 0.822. The van der Waals surface area contributed by atoms with Gasteiger partial charge in [-0.15, -0.1) is 0 Å². The standard InChI is InChI=1S/C12H18FNO3S/c1-8(12(2,3)15)14-11-7-9(18(4,16)17)5-6-10(11)13/h5-8,14-15H,1-4H3. The van der Waals surface area contributed by atoms with E-state index in [1.807, 2.05) is 0 Å². The van der Waals surface area contributed by atoms with Crippen LogP contribution in [0.5, 0.6) is 0 Å². The van der Waals surface area contributed by atoms with Gasteiger partial charge in [-0.2, -0.15) is 0 Å². The summed E-state index contributed by atoms with van der Waals surface area (Å²) in [7, 11) is -3.38. The van der Waals surface area contributed by atoms with Crippen molar-refractivity contribution in [1.82, 2.24) is 0 Å². The molecule has 1 unspecified atom stereocenters. The van der Waals surface area contributed by atoms with Crippen molar-refractivity contribution in [2.45, 2.75) is 37.3 Å². The van der Waals surface area contributed by atoms with Gasteiger partial charge >= 0.3 is 0 Å². The first kappa shape index (κ1) is 14.9. The van der Waals surface area contributed by atoms with Gasteiger partial charge in [-0.05, 0) is 39.0 Å². The predicted octanol–water partition coefficient (Wildman–Crippen LogP) is 1.80. The van der Waals surface area contributed by atoms with Crippen LogP contribution < -0.4 is 5.32 Å². The molecule has 0 aromatic heterocycles. The molecule has 0 aliphatic carbocycles. The van der Waals surface area contributed by atoms with Crippen molar-refractivity contribution >= 4 is 15.5 Å². The molecule has 1 aromatic carbocycles. The molecule has 6 heteroatoms. The summed E-state index contributed by atoms with van der Waals surface area (Å²) in [5, 5.41) is 12.5. The fourth-order valence-corrected chi connectivity index (χ4v) is 1.90. The molecule has 0 aliphatic heterocycles. The number of benzene rings is 1. The van der Waals surface area contributed by atoms with Crippen LogP contribution in [-0.2, 0) is 9.84 Å². The van der Waals surface area contributed by atoms with E-state index in [2.05, 4.69) is 5.32 Å². The summed E-state index contributed by atoms with van der Waals surface area (Å²) in [5.74, 6) is -0.557. The topological polar surface area (TPSA) is 66.4 Å². The van der Waals surface area contributed by atoms with Crippen LogP contribution in [-0.4, -0.2) is 31.4 Å². The van der Waals surface area contributed by atoms with Gasteiger partial charge in [0.1, 0.15) is 5.82 Å². The van der Waals surface area contributed by atoms with E-state index in [-0.39, 0.29) is 10.6 Å². The van der Waals surface area contributed by atoms with Gasteiger partial charge in [0.05, 0.1) is 22.2 Å². The van der Waals surface area contributed by atoms with Crippen LogP contribution in [0.4, 0.5) is 10.1 Å². The number of aliphatic hydroxyl groups is 1. The second kappa shape index (κ2) is 4.85. The molecule has 0 saturated heterocycles. The number of hydrogen-bond acceptors (Lipinski definition) is 4. The SMILES string of the molecule is CC(Nc1cc(S(C)(=O)=O)ccc1F)C(C)(C)O. The summed E-state index contributed by atoms with van der Waals surface area (Å²) in [5.41, 5.74) is -0.986. The second-order valence-corrected chi connectivity index (χ2v) is 6.95. The molecular weight excluding hydrogens is 257 g/mol. The largest absolute Gasteiger partial charge is 0.388 e. The minimum Gasteiger partial charge on any atom is -0.388 e. The first-order chi connectivity index (χ1) is 8.01. The van der Waals surface area contributed by atoms with Crippen molar-refractivity contribution in [3.05, 3.63) is 24.0 Å². The number of hydrogen-bond donors (Lipinski definition) is 2. The molecular formula is C12H18FNO3S. The van der Waals surface area contributed by atoms with Crippen molar-refractivity contribution in [3.8, 4) is 0 Å². The Balaban J connectivity index is 3.10. The number of sulfone groups is 1. The zero-order chi connectivity index (χ0) is 14.1. The molecule has 0 fully saturated rings. The maximum Gasteiger partial charge on any atom is 0.175 e. The molecule has 1 aromatic rings. The maximum absolute atomic E-state index is 13.6. The Bertz CT molecular complexity index is 535. The lowest BCUT2D eigenvalue weighted by atomic mass is 10.0. The monoisotopic (exact) mass is 275 g/mol. The van der Waals surface area contributed by atoms with Gasteiger partial charge in [0.2, 0.25) is 0 Å². The molecule has 0 bridgehead atoms. The molecule has 0 heterocycles. The van der Waals surface area contributed by atoms with Crippen molar-refractivity contribution in [1.29, 1.82) is 0 Å². The van der Waals surface area contributed by atoms with Gasteiger partial charge in [0, 0.05) is 6.26 Å². The van der Waals surface area contributed by atoms with Crippen LogP contribution in [0.2, 0.25) is 0 Å². The van der Waals surface area contributed by atoms with Crippen LogP contribution in [0, 0.1) is 5.82 Å². The number of nitrogens with one attached hydrogen (secondary N) is 1. The molecule has 4 nitrogen and oxygen atoms in total. The zero-order valence-corrected chi connectivity index (χ0v) is 11.7. The van der Waals surface area contributed by atoms with Gasteiger partial charge in [-0.25, -0.2) is 12.8 Å². The summed E-state index contributed by atoms with van der Waals surface area (Å²) in [6.45, 7) is 4.86. The van der Waals surface area contributed by atoms with Crippen LogP contribution in [0.1, 0.15) is 20.8 Å². The lowest BCUT2D eigenvalue weighted by Crippen LogP contribution is -2.39. The maximum atomic E-state index is 13.6. The number of anilines is 1. The highest BCUT2D eigenvalue weighted by Crippen LogP contribution is 2.22. The van der Waals surface area contributed by atoms with Gasteiger partial charge in [0.15, 0.2) is 9.84 Å². The van der Waals surface area contributed by atoms with Crippen LogP contribution >= 0.6 is 0 Å². The predicted molar refractivity (Wildman–Crippen MR) is 68.9 cm³/mol. The Hall–Kier alpha value is -1.14. The molecule has 1 rings (SSSR count). The van der Waals surface area contributed by atoms with Crippen LogP contribution in [0.15, 0.2) is 23.1 Å². The van der Waals surface area contributed by atoms with Gasteiger partial charge in [-0.3, -0.25) is 0 Å². The summed E-state index contributed by atoms with van der Waals surface area (Å²) in [6, 6.07) is 3.11. The van der Waals surface area contributed by atoms with E-state index in [9.17, 15) is 17.9 Å². The van der Waals surface area contributed by atoms with Crippen molar-refractivity contribution in [2.75, 3.05) is 11.6 Å². The molecule has 102 valence electrons. The van der Waals surface area contributed by atoms with Crippen molar-refractivity contribution in [2.24, 2.45) is 0 Å². The third kappa shape index (κ3) is 3.68. The fourth-order valence-electron chi connectivity index (χ4n) is 1.26. The highest BCUT2D eigenvalue weighted by molar-refractivity contribution is 7.90. The molecule has 0 saturated carbocycles. The molecule has 0 spiro atoms. The Morgan fingerprint density at radius 1 is 1.39 bits per heavy atom. The molecule has 1 atom stereocenters. The minimum atomic E-state index is -3.38. The van der Waals surface area contributed by atoms with E-state index >= 15 is 0 Å². The van der Waals surface area contributed by atoms with E-state index in [0.29, 0.717) is 0 Å². The van der Waals surface area contributed by atoms with Crippen LogP contribution in [0.25, 0.3) is 0 Å². The van der Waals surface area contributed by atoms with E-state index < -0.39 is 27.3 Å². The minimum absolute atomic E-state index is 0.0364. The van der Waals surface area contributed by atoms with Gasteiger partial charge in [0.25, 0.3) is 0 Å². The normalized spacial score (nSPS) is 14.3. The third-order valence-corrected chi connectivity index (χ3v) is 3.91. The fraction of sp³-hybridized carbons (Fsp3) is 0.500. The molecule has 0 aliphatic rings. The van der Waals surface area contributed by atoms with E-state index in [1.54, 1.807) is 20.8 Å². The van der Waals surface area contributed by atoms with Crippen molar-refractivity contribution in [3.63, 3.8) is 0 Å². The van der Waals surface area contributed by atoms with E-state index in [0.717, 1.165) is 12.3 Å². The molecule has 0 radical (unpaired) electrons. The summed E-state index contributed by atoms with van der Waals surface area (Å²) in [4.78, 5) is 0.0364. The highest BCUT2D eigenvalue weighted by atomic mass is 32.2. The highest BCUT2D eigenvalue weighted by Gasteiger charge is 2.23. The second-order valence-electron chi connectivity index (χ2n) is 4.93. The van der Waals surface area contributed by atoms with E-state index in [4.69, 9.17) is 0 Å². The summed E-state index contributed by atoms with van der Waals surface area (Å²) in [6.07, 6.45) is 1.06. The van der Waals surface area contributed by atoms with Gasteiger partial charge < -0.3 is 10.4 Å². The average Bonchev–Trinajstić information content (AvgIpc) is 2.18. The van der Waals surface area contributed by atoms with Crippen LogP contribution in [0.3, 0.4) is 0 Å². The van der Waals surface area contributed by atoms with E-state index in [1.165, 1.54) is 12.1 Å². The van der Waals surface area contributed by atoms with Gasteiger partial charge in [-0.1, -0.05) is 0 Å². The number of halogens is 1. The summed E-state index contributed by atoms with van der Waals surface area (Å²) < 4.78 is 36.3.